The third-order valence-corrected chi connectivity index (χ3v) is 5.22. The number of hydrogen-bond acceptors (Lipinski definition) is 6. The molecule has 0 aliphatic carbocycles. The Morgan fingerprint density at radius 3 is 2.80 bits per heavy atom. The Kier molecular flexibility index (Phi) is 7.17. The molecule has 158 valence electrons. The van der Waals surface area contributed by atoms with Crippen molar-refractivity contribution in [3.05, 3.63) is 84.9 Å². The lowest BCUT2D eigenvalue weighted by Crippen LogP contribution is -2.30. The van der Waals surface area contributed by atoms with E-state index in [1.165, 1.54) is 12.4 Å². The van der Waals surface area contributed by atoms with Crippen LogP contribution in [0.3, 0.4) is 0 Å². The first kappa shape index (κ1) is 21.9. The largest absolute Gasteiger partial charge is 0.619 e. The third-order valence-electron chi connectivity index (χ3n) is 4.78. The van der Waals surface area contributed by atoms with Crippen molar-refractivity contribution in [3.63, 3.8) is 0 Å². The fraction of sp³-hybridized carbons (Fsp3) is 0.333. The summed E-state index contributed by atoms with van der Waals surface area (Å²) in [6.45, 7) is 4.18. The number of aliphatic hydroxyl groups excluding tert-OH is 1. The molecule has 8 nitrogen and oxygen atoms in total. The van der Waals surface area contributed by atoms with E-state index in [4.69, 9.17) is 0 Å². The van der Waals surface area contributed by atoms with E-state index in [1.807, 2.05) is 19.1 Å². The number of aryl methyl sites for hydroxylation is 2. The maximum atomic E-state index is 12.3. The van der Waals surface area contributed by atoms with Crippen molar-refractivity contribution in [3.8, 4) is 0 Å². The minimum atomic E-state index is -0.646. The van der Waals surface area contributed by atoms with Gasteiger partial charge in [-0.3, -0.25) is 14.8 Å². The van der Waals surface area contributed by atoms with Gasteiger partial charge in [-0.25, -0.2) is 4.98 Å². The number of hydrogen-bond donors (Lipinski definition) is 3. The summed E-state index contributed by atoms with van der Waals surface area (Å²) in [6.07, 6.45) is 5.55. The summed E-state index contributed by atoms with van der Waals surface area (Å²) in [4.78, 5) is 23.6. The van der Waals surface area contributed by atoms with Crippen molar-refractivity contribution in [1.29, 1.82) is 0 Å². The van der Waals surface area contributed by atoms with Gasteiger partial charge in [-0.2, -0.15) is 4.73 Å². The number of rotatable bonds is 8. The zero-order chi connectivity index (χ0) is 21.7. The van der Waals surface area contributed by atoms with E-state index in [2.05, 4.69) is 36.2 Å². The lowest BCUT2D eigenvalue weighted by Gasteiger charge is -2.13. The molecule has 0 aliphatic rings. The van der Waals surface area contributed by atoms with Crippen molar-refractivity contribution >= 4 is 21.9 Å². The van der Waals surface area contributed by atoms with E-state index in [1.54, 1.807) is 19.2 Å². The third kappa shape index (κ3) is 5.64. The van der Waals surface area contributed by atoms with Crippen LogP contribution < -0.4 is 15.6 Å². The van der Waals surface area contributed by atoms with Crippen molar-refractivity contribution in [2.24, 2.45) is 0 Å². The molecule has 0 aliphatic heterocycles. The smallest absolute Gasteiger partial charge is 0.255 e. The zero-order valence-electron chi connectivity index (χ0n) is 16.9. The molecule has 0 aromatic carbocycles. The van der Waals surface area contributed by atoms with E-state index in [-0.39, 0.29) is 5.56 Å². The van der Waals surface area contributed by atoms with Crippen LogP contribution in [0.5, 0.6) is 0 Å². The number of aliphatic hydroxyl groups is 1. The van der Waals surface area contributed by atoms with Crippen LogP contribution in [0.25, 0.3) is 0 Å². The second-order valence-corrected chi connectivity index (χ2v) is 8.12. The van der Waals surface area contributed by atoms with Crippen molar-refractivity contribution in [1.82, 2.24) is 15.0 Å². The number of nitrogens with zero attached hydrogens (tertiary/aromatic N) is 3. The first-order valence-corrected chi connectivity index (χ1v) is 10.4. The molecular formula is C21H24BrN5O3. The molecule has 1 unspecified atom stereocenters. The fourth-order valence-electron chi connectivity index (χ4n) is 3.10. The second-order valence-electron chi connectivity index (χ2n) is 7.21. The molecule has 0 saturated carbocycles. The maximum absolute atomic E-state index is 12.3. The standard InChI is InChI=1S/C21H24BrN5O3/c1-13-8-17(22)11-24-19(13)18(28)4-3-7-23-21-25-10-16(20(29)26-21)9-15-6-5-14(2)27(30)12-15/h5-6,8,10-12,18,28H,3-4,7,9H2,1-2H3,(H2,23,25,26,29). The number of aromatic amines is 1. The van der Waals surface area contributed by atoms with Crippen LogP contribution in [0, 0.1) is 19.1 Å². The number of halogens is 1. The molecule has 3 N–H and O–H groups in total. The van der Waals surface area contributed by atoms with Crippen molar-refractivity contribution < 1.29 is 9.84 Å². The van der Waals surface area contributed by atoms with Gasteiger partial charge in [-0.1, -0.05) is 0 Å². The van der Waals surface area contributed by atoms with E-state index >= 15 is 0 Å². The van der Waals surface area contributed by atoms with Gasteiger partial charge in [0.1, 0.15) is 0 Å². The number of nitrogens with one attached hydrogen (secondary N) is 2. The van der Waals surface area contributed by atoms with Gasteiger partial charge in [0.05, 0.1) is 11.8 Å². The van der Waals surface area contributed by atoms with E-state index in [0.29, 0.717) is 48.7 Å². The van der Waals surface area contributed by atoms with Gasteiger partial charge < -0.3 is 15.6 Å². The molecular weight excluding hydrogens is 450 g/mol. The molecule has 0 fully saturated rings. The monoisotopic (exact) mass is 473 g/mol. The lowest BCUT2D eigenvalue weighted by atomic mass is 10.1. The predicted molar refractivity (Wildman–Crippen MR) is 117 cm³/mol. The highest BCUT2D eigenvalue weighted by molar-refractivity contribution is 9.10. The zero-order valence-corrected chi connectivity index (χ0v) is 18.4. The molecule has 0 saturated heterocycles. The van der Waals surface area contributed by atoms with Gasteiger partial charge >= 0.3 is 0 Å². The van der Waals surface area contributed by atoms with Gasteiger partial charge in [-0.05, 0) is 53.4 Å². The maximum Gasteiger partial charge on any atom is 0.255 e. The summed E-state index contributed by atoms with van der Waals surface area (Å²) in [7, 11) is 0. The van der Waals surface area contributed by atoms with Crippen LogP contribution in [0.4, 0.5) is 5.95 Å². The van der Waals surface area contributed by atoms with Gasteiger partial charge in [0.15, 0.2) is 11.9 Å². The topological polar surface area (TPSA) is 118 Å². The molecule has 30 heavy (non-hydrogen) atoms. The van der Waals surface area contributed by atoms with Gasteiger partial charge in [0.2, 0.25) is 5.95 Å². The molecule has 3 aromatic heterocycles. The Bertz CT molecular complexity index is 1090. The highest BCUT2D eigenvalue weighted by Gasteiger charge is 2.12. The Morgan fingerprint density at radius 1 is 1.30 bits per heavy atom. The Morgan fingerprint density at radius 2 is 2.10 bits per heavy atom. The minimum Gasteiger partial charge on any atom is -0.619 e. The number of H-pyrrole nitrogens is 1. The van der Waals surface area contributed by atoms with Crippen molar-refractivity contribution in [2.45, 2.75) is 39.2 Å². The van der Waals surface area contributed by atoms with Crippen LogP contribution in [-0.2, 0) is 6.42 Å². The molecule has 3 heterocycles. The molecule has 0 amide bonds. The average Bonchev–Trinajstić information content (AvgIpc) is 2.70. The highest BCUT2D eigenvalue weighted by atomic mass is 79.9. The number of anilines is 1. The molecule has 0 spiro atoms. The minimum absolute atomic E-state index is 0.250. The van der Waals surface area contributed by atoms with Crippen LogP contribution in [-0.4, -0.2) is 26.6 Å². The quantitative estimate of drug-likeness (QED) is 0.263. The summed E-state index contributed by atoms with van der Waals surface area (Å²) in [6, 6.07) is 5.47. The van der Waals surface area contributed by atoms with Gasteiger partial charge in [-0.15, -0.1) is 0 Å². The highest BCUT2D eigenvalue weighted by Crippen LogP contribution is 2.22. The van der Waals surface area contributed by atoms with E-state index < -0.39 is 6.10 Å². The first-order valence-electron chi connectivity index (χ1n) is 9.64. The number of pyridine rings is 2. The van der Waals surface area contributed by atoms with Gasteiger partial charge in [0, 0.05) is 53.9 Å². The van der Waals surface area contributed by atoms with Crippen LogP contribution >= 0.6 is 15.9 Å². The molecule has 0 radical (unpaired) electrons. The Labute approximate surface area is 182 Å². The lowest BCUT2D eigenvalue weighted by molar-refractivity contribution is -0.612. The summed E-state index contributed by atoms with van der Waals surface area (Å²) in [5.74, 6) is 0.374. The Balaban J connectivity index is 1.52. The SMILES string of the molecule is Cc1cc(Br)cnc1C(O)CCCNc1ncc(Cc2ccc(C)[n+]([O-])c2)c(=O)[nH]1. The summed E-state index contributed by atoms with van der Waals surface area (Å²) in [5, 5.41) is 25.1. The summed E-state index contributed by atoms with van der Waals surface area (Å²) in [5.41, 5.74) is 3.18. The fourth-order valence-corrected chi connectivity index (χ4v) is 3.54. The van der Waals surface area contributed by atoms with Crippen molar-refractivity contribution in [2.75, 3.05) is 11.9 Å². The predicted octanol–water partition coefficient (Wildman–Crippen LogP) is 2.69. The van der Waals surface area contributed by atoms with Gasteiger partial charge in [0.25, 0.3) is 5.56 Å². The van der Waals surface area contributed by atoms with Crippen LogP contribution in [0.2, 0.25) is 0 Å². The molecule has 3 aromatic rings. The molecule has 1 atom stereocenters. The van der Waals surface area contributed by atoms with E-state index in [9.17, 15) is 15.1 Å². The summed E-state index contributed by atoms with van der Waals surface area (Å²) < 4.78 is 1.66. The molecule has 3 rings (SSSR count). The Hall–Kier alpha value is -2.78. The molecule has 9 heteroatoms. The normalized spacial score (nSPS) is 12.0. The van der Waals surface area contributed by atoms with Crippen LogP contribution in [0.15, 0.2) is 46.1 Å². The second kappa shape index (κ2) is 9.82. The van der Waals surface area contributed by atoms with Crippen LogP contribution in [0.1, 0.15) is 47.0 Å². The van der Waals surface area contributed by atoms with E-state index in [0.717, 1.165) is 20.3 Å². The molecule has 0 bridgehead atoms. The number of aromatic nitrogens is 4. The first-order chi connectivity index (χ1) is 14.3. The summed E-state index contributed by atoms with van der Waals surface area (Å²) >= 11 is 3.37. The average molecular weight is 474 g/mol.